The van der Waals surface area contributed by atoms with E-state index >= 15 is 0 Å². The molecule has 1 spiro atoms. The minimum atomic E-state index is -4.46. The summed E-state index contributed by atoms with van der Waals surface area (Å²) in [5.74, 6) is 0. The number of aliphatic hydroxyl groups is 2. The van der Waals surface area contributed by atoms with Gasteiger partial charge in [-0.15, -0.1) is 11.3 Å². The maximum absolute atomic E-state index is 13.5. The van der Waals surface area contributed by atoms with Crippen LogP contribution in [0, 0.1) is 0 Å². The van der Waals surface area contributed by atoms with Crippen molar-refractivity contribution >= 4 is 11.3 Å². The third-order valence-electron chi connectivity index (χ3n) is 5.98. The summed E-state index contributed by atoms with van der Waals surface area (Å²) in [7, 11) is 0. The molecule has 2 aliphatic heterocycles. The normalized spacial score (nSPS) is 18.3. The second kappa shape index (κ2) is 10.6. The van der Waals surface area contributed by atoms with Crippen molar-refractivity contribution in [3.05, 3.63) is 38.8 Å². The molecule has 1 saturated heterocycles. The number of aromatic nitrogens is 2. The second-order valence-corrected chi connectivity index (χ2v) is 8.95. The van der Waals surface area contributed by atoms with Gasteiger partial charge in [0.1, 0.15) is 10.5 Å². The van der Waals surface area contributed by atoms with E-state index < -0.39 is 23.3 Å². The zero-order chi connectivity index (χ0) is 23.4. The van der Waals surface area contributed by atoms with Gasteiger partial charge in [-0.25, -0.2) is 0 Å². The van der Waals surface area contributed by atoms with Gasteiger partial charge in [0.25, 0.3) is 0 Å². The maximum atomic E-state index is 13.5. The molecule has 4 heterocycles. The molecule has 2 aromatic rings. The lowest BCUT2D eigenvalue weighted by Crippen LogP contribution is -2.45. The molecule has 10 heteroatoms. The van der Waals surface area contributed by atoms with E-state index in [1.807, 2.05) is 30.9 Å². The first-order valence-corrected chi connectivity index (χ1v) is 12.0. The number of hydrogen-bond donors (Lipinski definition) is 2. The van der Waals surface area contributed by atoms with E-state index in [-0.39, 0.29) is 12.2 Å². The van der Waals surface area contributed by atoms with Crippen molar-refractivity contribution in [2.24, 2.45) is 0 Å². The predicted octanol–water partition coefficient (Wildman–Crippen LogP) is 3.93. The van der Waals surface area contributed by atoms with E-state index in [0.717, 1.165) is 36.5 Å². The lowest BCUT2D eigenvalue weighted by molar-refractivity contribution is -0.135. The first-order chi connectivity index (χ1) is 15.4. The van der Waals surface area contributed by atoms with Crippen molar-refractivity contribution in [1.82, 2.24) is 14.7 Å². The number of halogens is 3. The van der Waals surface area contributed by atoms with Gasteiger partial charge in [-0.05, 0) is 31.2 Å². The van der Waals surface area contributed by atoms with Crippen molar-refractivity contribution in [3.63, 3.8) is 0 Å². The second-order valence-electron chi connectivity index (χ2n) is 7.93. The molecule has 0 atom stereocenters. The van der Waals surface area contributed by atoms with E-state index in [2.05, 4.69) is 10.00 Å². The third-order valence-corrected chi connectivity index (χ3v) is 7.48. The molecule has 4 rings (SSSR count). The number of nitrogens with zero attached hydrogens (tertiary/aromatic N) is 3. The molecule has 0 bridgehead atoms. The monoisotopic (exact) mass is 475 g/mol. The Morgan fingerprint density at radius 2 is 1.94 bits per heavy atom. The Balaban J connectivity index is 0.00000141. The largest absolute Gasteiger partial charge is 0.425 e. The van der Waals surface area contributed by atoms with Gasteiger partial charge in [0.2, 0.25) is 0 Å². The van der Waals surface area contributed by atoms with Gasteiger partial charge in [-0.3, -0.25) is 9.58 Å². The summed E-state index contributed by atoms with van der Waals surface area (Å²) in [5, 5.41) is 22.8. The number of aliphatic hydroxyl groups excluding tert-OH is 2. The average Bonchev–Trinajstić information content (AvgIpc) is 3.40. The standard InChI is InChI=1S/C20H26F3N3O3S.C2H6/c21-20(22,23)18-16(13-28)15-2-9-29-19(17(15)30-18)3-6-25(7-4-19)11-14-10-24-26(12-14)5-1-8-27;1-2/h10,12,27-28H,1-9,11,13H2;1-2H3. The first-order valence-electron chi connectivity index (χ1n) is 11.2. The highest BCUT2D eigenvalue weighted by molar-refractivity contribution is 7.12. The molecule has 1 fully saturated rings. The van der Waals surface area contributed by atoms with E-state index in [9.17, 15) is 18.3 Å². The van der Waals surface area contributed by atoms with Crippen molar-refractivity contribution in [1.29, 1.82) is 0 Å². The molecule has 0 radical (unpaired) electrons. The number of ether oxygens (including phenoxy) is 1. The SMILES string of the molecule is CC.OCCCn1cc(CN2CCC3(CC2)OCCc2c3sc(C(F)(F)F)c2CO)cn1. The Labute approximate surface area is 190 Å². The molecule has 0 amide bonds. The van der Waals surface area contributed by atoms with E-state index in [1.165, 1.54) is 0 Å². The van der Waals surface area contributed by atoms with Gasteiger partial charge >= 0.3 is 6.18 Å². The zero-order valence-electron chi connectivity index (χ0n) is 18.6. The molecule has 0 unspecified atom stereocenters. The highest BCUT2D eigenvalue weighted by atomic mass is 32.1. The molecule has 6 nitrogen and oxygen atoms in total. The summed E-state index contributed by atoms with van der Waals surface area (Å²) in [6.45, 7) is 6.74. The number of hydrogen-bond acceptors (Lipinski definition) is 6. The topological polar surface area (TPSA) is 70.8 Å². The van der Waals surface area contributed by atoms with Crippen LogP contribution in [-0.2, 0) is 42.6 Å². The lowest BCUT2D eigenvalue weighted by Gasteiger charge is -2.43. The number of aryl methyl sites for hydroxylation is 1. The van der Waals surface area contributed by atoms with E-state index in [0.29, 0.717) is 49.3 Å². The fraction of sp³-hybridized carbons (Fsp3) is 0.682. The van der Waals surface area contributed by atoms with E-state index in [4.69, 9.17) is 9.84 Å². The van der Waals surface area contributed by atoms with Crippen molar-refractivity contribution < 1.29 is 28.1 Å². The van der Waals surface area contributed by atoms with Gasteiger partial charge in [-0.1, -0.05) is 13.8 Å². The average molecular weight is 476 g/mol. The van der Waals surface area contributed by atoms with Gasteiger partial charge in [0.05, 0.1) is 19.4 Å². The Morgan fingerprint density at radius 1 is 1.22 bits per heavy atom. The number of fused-ring (bicyclic) bond motifs is 2. The van der Waals surface area contributed by atoms with Crippen LogP contribution in [0.5, 0.6) is 0 Å². The smallest absolute Gasteiger partial charge is 0.396 e. The molecular weight excluding hydrogens is 443 g/mol. The van der Waals surface area contributed by atoms with Crippen LogP contribution in [0.4, 0.5) is 13.2 Å². The number of alkyl halides is 3. The fourth-order valence-corrected chi connectivity index (χ4v) is 5.92. The number of piperidine rings is 1. The highest BCUT2D eigenvalue weighted by Crippen LogP contribution is 2.50. The van der Waals surface area contributed by atoms with Crippen LogP contribution in [0.15, 0.2) is 12.4 Å². The fourth-order valence-electron chi connectivity index (χ4n) is 4.49. The minimum absolute atomic E-state index is 0.0305. The Morgan fingerprint density at radius 3 is 2.56 bits per heavy atom. The molecule has 2 aromatic heterocycles. The van der Waals surface area contributed by atoms with Crippen molar-refractivity contribution in [2.75, 3.05) is 26.3 Å². The zero-order valence-corrected chi connectivity index (χ0v) is 19.4. The van der Waals surface area contributed by atoms with Gasteiger partial charge < -0.3 is 14.9 Å². The molecule has 2 aliphatic rings. The molecular formula is C22H32F3N3O3S. The summed E-state index contributed by atoms with van der Waals surface area (Å²) in [6, 6.07) is 0. The highest BCUT2D eigenvalue weighted by Gasteiger charge is 2.47. The Hall–Kier alpha value is -1.46. The molecule has 180 valence electrons. The van der Waals surface area contributed by atoms with Crippen LogP contribution in [-0.4, -0.2) is 51.2 Å². The Kier molecular flexibility index (Phi) is 8.37. The summed E-state index contributed by atoms with van der Waals surface area (Å²) in [4.78, 5) is 2.24. The van der Waals surface area contributed by atoms with Crippen molar-refractivity contribution in [3.8, 4) is 0 Å². The summed E-state index contributed by atoms with van der Waals surface area (Å²) in [5.41, 5.74) is 1.06. The number of thiophene rings is 1. The predicted molar refractivity (Wildman–Crippen MR) is 116 cm³/mol. The lowest BCUT2D eigenvalue weighted by atomic mass is 9.84. The van der Waals surface area contributed by atoms with Crippen LogP contribution in [0.25, 0.3) is 0 Å². The van der Waals surface area contributed by atoms with Crippen molar-refractivity contribution in [2.45, 2.75) is 71.0 Å². The molecule has 32 heavy (non-hydrogen) atoms. The molecule has 0 saturated carbocycles. The van der Waals surface area contributed by atoms with Crippen LogP contribution < -0.4 is 0 Å². The van der Waals surface area contributed by atoms with E-state index in [1.54, 1.807) is 0 Å². The van der Waals surface area contributed by atoms with Gasteiger partial charge in [0, 0.05) is 55.0 Å². The maximum Gasteiger partial charge on any atom is 0.425 e. The minimum Gasteiger partial charge on any atom is -0.396 e. The van der Waals surface area contributed by atoms with Crippen LogP contribution in [0.2, 0.25) is 0 Å². The van der Waals surface area contributed by atoms with Crippen LogP contribution >= 0.6 is 11.3 Å². The van der Waals surface area contributed by atoms with Crippen LogP contribution in [0.1, 0.15) is 59.6 Å². The van der Waals surface area contributed by atoms with Gasteiger partial charge in [0.15, 0.2) is 0 Å². The summed E-state index contributed by atoms with van der Waals surface area (Å²) in [6.07, 6.45) is 1.65. The number of rotatable bonds is 6. The quantitative estimate of drug-likeness (QED) is 0.663. The van der Waals surface area contributed by atoms with Gasteiger partial charge in [-0.2, -0.15) is 18.3 Å². The summed E-state index contributed by atoms with van der Waals surface area (Å²) >= 11 is 0.753. The van der Waals surface area contributed by atoms with Crippen LogP contribution in [0.3, 0.4) is 0 Å². The number of likely N-dealkylation sites (tertiary alicyclic amines) is 1. The Bertz CT molecular complexity index is 874. The molecule has 0 aliphatic carbocycles. The first kappa shape index (κ1) is 25.2. The molecule has 0 aromatic carbocycles. The summed E-state index contributed by atoms with van der Waals surface area (Å²) < 4.78 is 48.4. The molecule has 2 N–H and O–H groups in total. The third kappa shape index (κ3) is 5.20.